The highest BCUT2D eigenvalue weighted by atomic mass is 16.5. The number of hydrogen-bond donors (Lipinski definition) is 1. The van der Waals surface area contributed by atoms with Gasteiger partial charge in [0, 0.05) is 18.8 Å². The zero-order valence-electron chi connectivity index (χ0n) is 14.4. The molecular weight excluding hydrogens is 314 g/mol. The lowest BCUT2D eigenvalue weighted by Crippen LogP contribution is -2.39. The lowest BCUT2D eigenvalue weighted by Gasteiger charge is -2.29. The molecule has 4 rings (SSSR count). The minimum absolute atomic E-state index is 0.00512. The monoisotopic (exact) mass is 339 g/mol. The standard InChI is InChI=1S/C20H25N3O2/c24-20(16-12-21-23(14-16)13-15-6-7-15)22-17-8-10-19(11-9-17)25-18-4-2-1-3-5-18/h1-5,12,14-15,17,19H,6-11,13H2,(H,22,24). The van der Waals surface area contributed by atoms with Crippen molar-refractivity contribution < 1.29 is 9.53 Å². The van der Waals surface area contributed by atoms with E-state index in [9.17, 15) is 4.79 Å². The molecule has 0 unspecified atom stereocenters. The summed E-state index contributed by atoms with van der Waals surface area (Å²) in [6.45, 7) is 0.940. The first-order valence-corrected chi connectivity index (χ1v) is 9.31. The second-order valence-electron chi connectivity index (χ2n) is 7.27. The van der Waals surface area contributed by atoms with E-state index in [4.69, 9.17) is 4.74 Å². The van der Waals surface area contributed by atoms with Crippen LogP contribution in [0.3, 0.4) is 0 Å². The van der Waals surface area contributed by atoms with Gasteiger partial charge >= 0.3 is 0 Å². The molecule has 2 aromatic rings. The van der Waals surface area contributed by atoms with Crippen molar-refractivity contribution in [2.75, 3.05) is 0 Å². The molecular formula is C20H25N3O2. The van der Waals surface area contributed by atoms with Crippen molar-refractivity contribution in [1.29, 1.82) is 0 Å². The predicted molar refractivity (Wildman–Crippen MR) is 95.5 cm³/mol. The number of hydrogen-bond acceptors (Lipinski definition) is 3. The lowest BCUT2D eigenvalue weighted by molar-refractivity contribution is 0.0894. The van der Waals surface area contributed by atoms with Crippen LogP contribution in [0.1, 0.15) is 48.9 Å². The summed E-state index contributed by atoms with van der Waals surface area (Å²) >= 11 is 0. The van der Waals surface area contributed by atoms with Crippen molar-refractivity contribution in [3.05, 3.63) is 48.3 Å². The van der Waals surface area contributed by atoms with Crippen LogP contribution in [0, 0.1) is 5.92 Å². The number of benzene rings is 1. The Kier molecular flexibility index (Phi) is 4.72. The second kappa shape index (κ2) is 7.30. The Balaban J connectivity index is 1.23. The highest BCUT2D eigenvalue weighted by Gasteiger charge is 2.25. The summed E-state index contributed by atoms with van der Waals surface area (Å²) in [4.78, 5) is 12.4. The lowest BCUT2D eigenvalue weighted by atomic mass is 9.92. The second-order valence-corrected chi connectivity index (χ2v) is 7.27. The number of carbonyl (C=O) groups excluding carboxylic acids is 1. The van der Waals surface area contributed by atoms with Gasteiger partial charge in [0.05, 0.1) is 17.9 Å². The fourth-order valence-electron chi connectivity index (χ4n) is 3.43. The van der Waals surface area contributed by atoms with Gasteiger partial charge in [-0.2, -0.15) is 5.10 Å². The third kappa shape index (κ3) is 4.41. The molecule has 132 valence electrons. The van der Waals surface area contributed by atoms with Crippen LogP contribution in [-0.4, -0.2) is 27.8 Å². The third-order valence-corrected chi connectivity index (χ3v) is 5.09. The van der Waals surface area contributed by atoms with Crippen molar-refractivity contribution in [1.82, 2.24) is 15.1 Å². The largest absolute Gasteiger partial charge is 0.490 e. The first kappa shape index (κ1) is 16.2. The van der Waals surface area contributed by atoms with Gasteiger partial charge in [0.15, 0.2) is 0 Å². The molecule has 2 saturated carbocycles. The molecule has 5 nitrogen and oxygen atoms in total. The molecule has 2 aliphatic carbocycles. The van der Waals surface area contributed by atoms with Crippen molar-refractivity contribution in [3.8, 4) is 5.75 Å². The van der Waals surface area contributed by atoms with Crippen molar-refractivity contribution in [2.45, 2.75) is 57.2 Å². The van der Waals surface area contributed by atoms with Crippen LogP contribution in [0.25, 0.3) is 0 Å². The van der Waals surface area contributed by atoms with E-state index >= 15 is 0 Å². The van der Waals surface area contributed by atoms with E-state index in [-0.39, 0.29) is 18.1 Å². The fraction of sp³-hybridized carbons (Fsp3) is 0.500. The molecule has 1 heterocycles. The summed E-state index contributed by atoms with van der Waals surface area (Å²) in [5.74, 6) is 1.68. The number of amides is 1. The molecule has 1 N–H and O–H groups in total. The number of nitrogens with one attached hydrogen (secondary N) is 1. The normalized spacial score (nSPS) is 23.2. The summed E-state index contributed by atoms with van der Waals surface area (Å²) < 4.78 is 7.91. The molecule has 1 aromatic carbocycles. The molecule has 0 atom stereocenters. The third-order valence-electron chi connectivity index (χ3n) is 5.09. The van der Waals surface area contributed by atoms with E-state index in [1.54, 1.807) is 6.20 Å². The minimum Gasteiger partial charge on any atom is -0.490 e. The number of nitrogens with zero attached hydrogens (tertiary/aromatic N) is 2. The summed E-state index contributed by atoms with van der Waals surface area (Å²) in [6.07, 6.45) is 10.2. The molecule has 0 bridgehead atoms. The van der Waals surface area contributed by atoms with Gasteiger partial charge in [0.25, 0.3) is 5.91 Å². The van der Waals surface area contributed by atoms with Crippen molar-refractivity contribution in [3.63, 3.8) is 0 Å². The van der Waals surface area contributed by atoms with Gasteiger partial charge < -0.3 is 10.1 Å². The number of rotatable bonds is 6. The van der Waals surface area contributed by atoms with Gasteiger partial charge in [0.2, 0.25) is 0 Å². The quantitative estimate of drug-likeness (QED) is 0.877. The predicted octanol–water partition coefficient (Wildman–Crippen LogP) is 3.41. The molecule has 0 radical (unpaired) electrons. The number of para-hydroxylation sites is 1. The van der Waals surface area contributed by atoms with E-state index in [1.165, 1.54) is 12.8 Å². The van der Waals surface area contributed by atoms with E-state index in [0.29, 0.717) is 5.56 Å². The summed E-state index contributed by atoms with van der Waals surface area (Å²) in [6, 6.07) is 10.2. The number of ether oxygens (including phenoxy) is 1. The molecule has 1 aromatic heterocycles. The van der Waals surface area contributed by atoms with Gasteiger partial charge in [-0.3, -0.25) is 9.48 Å². The Morgan fingerprint density at radius 2 is 1.88 bits per heavy atom. The van der Waals surface area contributed by atoms with Gasteiger partial charge in [-0.15, -0.1) is 0 Å². The molecule has 2 fully saturated rings. The Labute approximate surface area is 148 Å². The van der Waals surface area contributed by atoms with Gasteiger partial charge in [-0.25, -0.2) is 0 Å². The molecule has 25 heavy (non-hydrogen) atoms. The van der Waals surface area contributed by atoms with Crippen LogP contribution in [0.5, 0.6) is 5.75 Å². The smallest absolute Gasteiger partial charge is 0.254 e. The maximum absolute atomic E-state index is 12.4. The molecule has 0 saturated heterocycles. The zero-order valence-corrected chi connectivity index (χ0v) is 14.4. The highest BCUT2D eigenvalue weighted by Crippen LogP contribution is 2.30. The average Bonchev–Trinajstić information content (AvgIpc) is 3.32. The Morgan fingerprint density at radius 1 is 1.12 bits per heavy atom. The summed E-state index contributed by atoms with van der Waals surface area (Å²) in [5, 5.41) is 7.46. The van der Waals surface area contributed by atoms with Crippen LogP contribution in [0.15, 0.2) is 42.7 Å². The fourth-order valence-corrected chi connectivity index (χ4v) is 3.43. The van der Waals surface area contributed by atoms with E-state index in [0.717, 1.165) is 43.9 Å². The van der Waals surface area contributed by atoms with Gasteiger partial charge in [0.1, 0.15) is 5.75 Å². The van der Waals surface area contributed by atoms with Crippen molar-refractivity contribution >= 4 is 5.91 Å². The maximum atomic E-state index is 12.4. The topological polar surface area (TPSA) is 56.1 Å². The highest BCUT2D eigenvalue weighted by molar-refractivity contribution is 5.93. The van der Waals surface area contributed by atoms with Crippen molar-refractivity contribution in [2.24, 2.45) is 5.92 Å². The molecule has 0 spiro atoms. The molecule has 5 heteroatoms. The van der Waals surface area contributed by atoms with E-state index in [2.05, 4.69) is 10.4 Å². The van der Waals surface area contributed by atoms with E-state index < -0.39 is 0 Å². The molecule has 1 amide bonds. The Morgan fingerprint density at radius 3 is 2.60 bits per heavy atom. The van der Waals surface area contributed by atoms with Crippen LogP contribution in [-0.2, 0) is 6.54 Å². The van der Waals surface area contributed by atoms with Crippen LogP contribution < -0.4 is 10.1 Å². The Bertz CT molecular complexity index is 701. The zero-order chi connectivity index (χ0) is 17.1. The summed E-state index contributed by atoms with van der Waals surface area (Å²) in [5.41, 5.74) is 0.670. The maximum Gasteiger partial charge on any atom is 0.254 e. The number of carbonyl (C=O) groups is 1. The van der Waals surface area contributed by atoms with Crippen LogP contribution in [0.2, 0.25) is 0 Å². The van der Waals surface area contributed by atoms with E-state index in [1.807, 2.05) is 41.2 Å². The van der Waals surface area contributed by atoms with Crippen LogP contribution in [0.4, 0.5) is 0 Å². The van der Waals surface area contributed by atoms with Crippen LogP contribution >= 0.6 is 0 Å². The average molecular weight is 339 g/mol. The minimum atomic E-state index is -0.00512. The number of aromatic nitrogens is 2. The summed E-state index contributed by atoms with van der Waals surface area (Å²) in [7, 11) is 0. The SMILES string of the molecule is O=C(NC1CCC(Oc2ccccc2)CC1)c1cnn(CC2CC2)c1. The van der Waals surface area contributed by atoms with Gasteiger partial charge in [-0.1, -0.05) is 18.2 Å². The Hall–Kier alpha value is -2.30. The molecule has 2 aliphatic rings. The molecule has 0 aliphatic heterocycles. The first-order chi connectivity index (χ1) is 12.3. The van der Waals surface area contributed by atoms with Gasteiger partial charge in [-0.05, 0) is 56.6 Å². The first-order valence-electron chi connectivity index (χ1n) is 9.31.